The van der Waals surface area contributed by atoms with Gasteiger partial charge in [0.15, 0.2) is 0 Å². The van der Waals surface area contributed by atoms with Crippen LogP contribution in [0.5, 0.6) is 0 Å². The largest absolute Gasteiger partial charge is 0.376 e. The smallest absolute Gasteiger partial charge is 0.131 e. The van der Waals surface area contributed by atoms with E-state index >= 15 is 0 Å². The molecule has 1 saturated heterocycles. The fourth-order valence-electron chi connectivity index (χ4n) is 2.56. The van der Waals surface area contributed by atoms with Gasteiger partial charge in [0.1, 0.15) is 5.82 Å². The Labute approximate surface area is 119 Å². The molecule has 0 amide bonds. The highest BCUT2D eigenvalue weighted by Gasteiger charge is 2.15. The Hall–Kier alpha value is -1.65. The maximum Gasteiger partial charge on any atom is 0.131 e. The Morgan fingerprint density at radius 3 is 3.10 bits per heavy atom. The molecule has 0 saturated carbocycles. The molecule has 0 aliphatic carbocycles. The first-order chi connectivity index (χ1) is 9.86. The minimum Gasteiger partial charge on any atom is -0.376 e. The van der Waals surface area contributed by atoms with Crippen LogP contribution in [-0.4, -0.2) is 31.3 Å². The van der Waals surface area contributed by atoms with Crippen LogP contribution in [0.15, 0.2) is 30.3 Å². The normalized spacial score (nSPS) is 18.6. The first kappa shape index (κ1) is 13.3. The lowest BCUT2D eigenvalue weighted by Crippen LogP contribution is -2.14. The zero-order valence-electron chi connectivity index (χ0n) is 11.8. The van der Waals surface area contributed by atoms with E-state index < -0.39 is 0 Å². The third-order valence-corrected chi connectivity index (χ3v) is 3.63. The van der Waals surface area contributed by atoms with E-state index in [1.165, 1.54) is 0 Å². The molecule has 3 rings (SSSR count). The molecule has 1 aromatic carbocycles. The first-order valence-corrected chi connectivity index (χ1v) is 7.12. The number of fused-ring (bicyclic) bond motifs is 1. The van der Waals surface area contributed by atoms with Gasteiger partial charge in [0.25, 0.3) is 0 Å². The molecule has 1 atom stereocenters. The minimum absolute atomic E-state index is 0.265. The van der Waals surface area contributed by atoms with E-state index in [0.717, 1.165) is 41.7 Å². The molecule has 4 nitrogen and oxygen atoms in total. The van der Waals surface area contributed by atoms with E-state index in [2.05, 4.69) is 22.4 Å². The van der Waals surface area contributed by atoms with Crippen LogP contribution in [0.25, 0.3) is 10.9 Å². The molecule has 1 aromatic heterocycles. The summed E-state index contributed by atoms with van der Waals surface area (Å²) >= 11 is 0. The monoisotopic (exact) mass is 272 g/mol. The van der Waals surface area contributed by atoms with Crippen molar-refractivity contribution in [1.82, 2.24) is 4.98 Å². The van der Waals surface area contributed by atoms with Crippen molar-refractivity contribution in [3.63, 3.8) is 0 Å². The molecule has 0 spiro atoms. The molecule has 2 aromatic rings. The van der Waals surface area contributed by atoms with Crippen LogP contribution in [-0.2, 0) is 16.1 Å². The van der Waals surface area contributed by atoms with Gasteiger partial charge in [-0.3, -0.25) is 0 Å². The van der Waals surface area contributed by atoms with Crippen molar-refractivity contribution < 1.29 is 9.47 Å². The summed E-state index contributed by atoms with van der Waals surface area (Å²) in [5.41, 5.74) is 2.09. The maximum atomic E-state index is 5.79. The first-order valence-electron chi connectivity index (χ1n) is 7.12. The molecule has 0 bridgehead atoms. The average Bonchev–Trinajstić information content (AvgIpc) is 3.00. The zero-order chi connectivity index (χ0) is 13.8. The Balaban J connectivity index is 1.72. The third-order valence-electron chi connectivity index (χ3n) is 3.63. The number of aromatic nitrogens is 1. The fraction of sp³-hybridized carbons (Fsp3) is 0.438. The SMILES string of the molecule is CNc1nc2ccccc2cc1COCC1CCCO1. The minimum atomic E-state index is 0.265. The number of para-hydroxylation sites is 1. The number of benzene rings is 1. The Bertz CT molecular complexity index is 580. The molecule has 1 unspecified atom stereocenters. The van der Waals surface area contributed by atoms with Crippen LogP contribution in [0.1, 0.15) is 18.4 Å². The molecule has 1 fully saturated rings. The van der Waals surface area contributed by atoms with Gasteiger partial charge in [-0.05, 0) is 25.0 Å². The van der Waals surface area contributed by atoms with Crippen molar-refractivity contribution in [3.05, 3.63) is 35.9 Å². The lowest BCUT2D eigenvalue weighted by molar-refractivity contribution is 0.0107. The van der Waals surface area contributed by atoms with Gasteiger partial charge in [0.05, 0.1) is 24.8 Å². The number of nitrogens with one attached hydrogen (secondary N) is 1. The number of hydrogen-bond acceptors (Lipinski definition) is 4. The van der Waals surface area contributed by atoms with Gasteiger partial charge in [-0.15, -0.1) is 0 Å². The van der Waals surface area contributed by atoms with Crippen LogP contribution < -0.4 is 5.32 Å². The summed E-state index contributed by atoms with van der Waals surface area (Å²) in [6, 6.07) is 10.3. The zero-order valence-corrected chi connectivity index (χ0v) is 11.8. The topological polar surface area (TPSA) is 43.4 Å². The van der Waals surface area contributed by atoms with E-state index in [4.69, 9.17) is 9.47 Å². The predicted octanol–water partition coefficient (Wildman–Crippen LogP) is 2.97. The van der Waals surface area contributed by atoms with E-state index in [1.807, 2.05) is 25.2 Å². The molecule has 4 heteroatoms. The molecular formula is C16H20N2O2. The highest BCUT2D eigenvalue weighted by molar-refractivity contribution is 5.81. The van der Waals surface area contributed by atoms with Crippen molar-refractivity contribution in [2.75, 3.05) is 25.6 Å². The van der Waals surface area contributed by atoms with Gasteiger partial charge in [-0.25, -0.2) is 4.98 Å². The fourth-order valence-corrected chi connectivity index (χ4v) is 2.56. The second-order valence-corrected chi connectivity index (χ2v) is 5.09. The van der Waals surface area contributed by atoms with E-state index in [0.29, 0.717) is 13.2 Å². The lowest BCUT2D eigenvalue weighted by Gasteiger charge is -2.13. The summed E-state index contributed by atoms with van der Waals surface area (Å²) in [5.74, 6) is 0.885. The van der Waals surface area contributed by atoms with Gasteiger partial charge in [-0.1, -0.05) is 18.2 Å². The quantitative estimate of drug-likeness (QED) is 0.908. The van der Waals surface area contributed by atoms with Crippen LogP contribution >= 0.6 is 0 Å². The van der Waals surface area contributed by atoms with Gasteiger partial charge in [-0.2, -0.15) is 0 Å². The van der Waals surface area contributed by atoms with Crippen molar-refractivity contribution in [2.24, 2.45) is 0 Å². The summed E-state index contributed by atoms with van der Waals surface area (Å²) in [4.78, 5) is 4.62. The van der Waals surface area contributed by atoms with Gasteiger partial charge < -0.3 is 14.8 Å². The van der Waals surface area contributed by atoms with Gasteiger partial charge in [0, 0.05) is 24.6 Å². The summed E-state index contributed by atoms with van der Waals surface area (Å²) in [6.45, 7) is 2.09. The number of nitrogens with zero attached hydrogens (tertiary/aromatic N) is 1. The van der Waals surface area contributed by atoms with Crippen LogP contribution in [0.2, 0.25) is 0 Å². The van der Waals surface area contributed by atoms with Gasteiger partial charge >= 0.3 is 0 Å². The van der Waals surface area contributed by atoms with Gasteiger partial charge in [0.2, 0.25) is 0 Å². The Morgan fingerprint density at radius 1 is 1.40 bits per heavy atom. The molecule has 2 heterocycles. The van der Waals surface area contributed by atoms with Crippen LogP contribution in [0.4, 0.5) is 5.82 Å². The van der Waals surface area contributed by atoms with E-state index in [9.17, 15) is 0 Å². The maximum absolute atomic E-state index is 5.79. The number of anilines is 1. The summed E-state index contributed by atoms with van der Waals surface area (Å²) in [7, 11) is 1.89. The number of pyridine rings is 1. The lowest BCUT2D eigenvalue weighted by atomic mass is 10.1. The van der Waals surface area contributed by atoms with Crippen molar-refractivity contribution in [2.45, 2.75) is 25.6 Å². The average molecular weight is 272 g/mol. The molecule has 106 valence electrons. The number of hydrogen-bond donors (Lipinski definition) is 1. The van der Waals surface area contributed by atoms with Crippen molar-refractivity contribution in [1.29, 1.82) is 0 Å². The van der Waals surface area contributed by atoms with Crippen molar-refractivity contribution >= 4 is 16.7 Å². The molecule has 1 aliphatic heterocycles. The van der Waals surface area contributed by atoms with E-state index in [1.54, 1.807) is 0 Å². The summed E-state index contributed by atoms with van der Waals surface area (Å²) in [6.07, 6.45) is 2.52. The highest BCUT2D eigenvalue weighted by atomic mass is 16.5. The Kier molecular flexibility index (Phi) is 4.14. The number of rotatable bonds is 5. The molecule has 1 aliphatic rings. The van der Waals surface area contributed by atoms with E-state index in [-0.39, 0.29) is 6.10 Å². The predicted molar refractivity (Wildman–Crippen MR) is 79.9 cm³/mol. The molecular weight excluding hydrogens is 252 g/mol. The molecule has 20 heavy (non-hydrogen) atoms. The molecule has 0 radical (unpaired) electrons. The van der Waals surface area contributed by atoms with Crippen molar-refractivity contribution in [3.8, 4) is 0 Å². The number of ether oxygens (including phenoxy) is 2. The van der Waals surface area contributed by atoms with Crippen LogP contribution in [0.3, 0.4) is 0 Å². The summed E-state index contributed by atoms with van der Waals surface area (Å²) in [5, 5.41) is 4.28. The highest BCUT2D eigenvalue weighted by Crippen LogP contribution is 2.21. The second-order valence-electron chi connectivity index (χ2n) is 5.09. The molecule has 1 N–H and O–H groups in total. The Morgan fingerprint density at radius 2 is 2.30 bits per heavy atom. The van der Waals surface area contributed by atoms with Crippen LogP contribution in [0, 0.1) is 0 Å². The third kappa shape index (κ3) is 2.92. The second kappa shape index (κ2) is 6.20. The summed E-state index contributed by atoms with van der Waals surface area (Å²) < 4.78 is 11.4. The standard InChI is InChI=1S/C16H20N2O2/c1-17-16-13(10-19-11-14-6-4-8-20-14)9-12-5-2-3-7-15(12)18-16/h2-3,5,7,9,14H,4,6,8,10-11H2,1H3,(H,17,18).